The van der Waals surface area contributed by atoms with E-state index in [-0.39, 0.29) is 22.7 Å². The highest BCUT2D eigenvalue weighted by Crippen LogP contribution is 2.38. The van der Waals surface area contributed by atoms with Crippen LogP contribution in [-0.2, 0) is 0 Å². The van der Waals surface area contributed by atoms with Crippen LogP contribution in [0.3, 0.4) is 0 Å². The number of nitrogens with two attached hydrogens (primary N) is 2. The monoisotopic (exact) mass is 426 g/mol. The number of anilines is 2. The summed E-state index contributed by atoms with van der Waals surface area (Å²) < 4.78 is 11.1. The summed E-state index contributed by atoms with van der Waals surface area (Å²) in [5.74, 6) is 0.150. The van der Waals surface area contributed by atoms with E-state index >= 15 is 0 Å². The molecule has 6 nitrogen and oxygen atoms in total. The molecule has 0 atom stereocenters. The predicted octanol–water partition coefficient (Wildman–Crippen LogP) is 4.48. The molecular weight excluding hydrogens is 404 g/mol. The maximum atomic E-state index is 13.6. The zero-order valence-corrected chi connectivity index (χ0v) is 17.7. The van der Waals surface area contributed by atoms with Gasteiger partial charge in [0.05, 0.1) is 25.3 Å². The van der Waals surface area contributed by atoms with Crippen molar-refractivity contribution in [3.05, 3.63) is 95.1 Å². The van der Waals surface area contributed by atoms with E-state index in [9.17, 15) is 9.59 Å². The summed E-state index contributed by atoms with van der Waals surface area (Å²) in [5.41, 5.74) is 14.1. The summed E-state index contributed by atoms with van der Waals surface area (Å²) in [6.45, 7) is 0. The van der Waals surface area contributed by atoms with Gasteiger partial charge in [0, 0.05) is 27.9 Å². The molecule has 0 radical (unpaired) electrons. The Morgan fingerprint density at radius 3 is 1.31 bits per heavy atom. The Hall–Kier alpha value is -4.32. The van der Waals surface area contributed by atoms with Crippen LogP contribution in [-0.4, -0.2) is 25.8 Å². The van der Waals surface area contributed by atoms with Crippen molar-refractivity contribution >= 4 is 33.7 Å². The quantitative estimate of drug-likeness (QED) is 0.348. The fourth-order valence-electron chi connectivity index (χ4n) is 3.73. The minimum atomic E-state index is -0.285. The van der Waals surface area contributed by atoms with Gasteiger partial charge in [0.25, 0.3) is 0 Å². The molecule has 0 spiro atoms. The Morgan fingerprint density at radius 1 is 0.594 bits per heavy atom. The molecule has 0 aliphatic heterocycles. The number of ether oxygens (including phenoxy) is 2. The summed E-state index contributed by atoms with van der Waals surface area (Å²) in [6, 6.07) is 20.3. The molecule has 0 amide bonds. The van der Waals surface area contributed by atoms with E-state index in [0.717, 1.165) is 0 Å². The second-order valence-electron chi connectivity index (χ2n) is 7.29. The number of hydrogen-bond donors (Lipinski definition) is 2. The number of ketones is 2. The van der Waals surface area contributed by atoms with Crippen LogP contribution in [0.15, 0.2) is 72.8 Å². The lowest BCUT2D eigenvalue weighted by atomic mass is 9.89. The van der Waals surface area contributed by atoms with Crippen molar-refractivity contribution in [2.75, 3.05) is 25.7 Å². The number of nitrogen functional groups attached to an aromatic ring is 2. The maximum Gasteiger partial charge on any atom is 0.197 e. The van der Waals surface area contributed by atoms with Gasteiger partial charge in [0.1, 0.15) is 11.5 Å². The van der Waals surface area contributed by atoms with E-state index in [0.29, 0.717) is 44.8 Å². The van der Waals surface area contributed by atoms with Gasteiger partial charge in [0.15, 0.2) is 11.6 Å². The zero-order chi connectivity index (χ0) is 22.8. The first kappa shape index (κ1) is 20.9. The zero-order valence-electron chi connectivity index (χ0n) is 17.7. The summed E-state index contributed by atoms with van der Waals surface area (Å²) >= 11 is 0. The van der Waals surface area contributed by atoms with Gasteiger partial charge in [-0.05, 0) is 66.0 Å². The van der Waals surface area contributed by atoms with Gasteiger partial charge < -0.3 is 20.9 Å². The molecule has 0 aliphatic carbocycles. The molecule has 4 rings (SSSR count). The van der Waals surface area contributed by atoms with Gasteiger partial charge in [-0.1, -0.05) is 12.1 Å². The van der Waals surface area contributed by atoms with Crippen molar-refractivity contribution in [3.8, 4) is 11.5 Å². The highest BCUT2D eigenvalue weighted by molar-refractivity contribution is 6.26. The second kappa shape index (κ2) is 8.43. The molecule has 0 saturated heterocycles. The van der Waals surface area contributed by atoms with Crippen molar-refractivity contribution < 1.29 is 19.1 Å². The number of methoxy groups -OCH3 is 2. The average Bonchev–Trinajstić information content (AvgIpc) is 2.82. The van der Waals surface area contributed by atoms with Crippen LogP contribution in [0, 0.1) is 0 Å². The van der Waals surface area contributed by atoms with Crippen LogP contribution in [0.5, 0.6) is 11.5 Å². The number of carbonyl (C=O) groups is 2. The van der Waals surface area contributed by atoms with Gasteiger partial charge in [-0.3, -0.25) is 9.59 Å². The molecule has 160 valence electrons. The van der Waals surface area contributed by atoms with Crippen LogP contribution < -0.4 is 20.9 Å². The third-order valence-electron chi connectivity index (χ3n) is 5.35. The molecule has 0 heterocycles. The fourth-order valence-corrected chi connectivity index (χ4v) is 3.73. The first-order valence-electron chi connectivity index (χ1n) is 9.92. The van der Waals surface area contributed by atoms with Gasteiger partial charge in [0.2, 0.25) is 0 Å². The summed E-state index contributed by atoms with van der Waals surface area (Å²) in [4.78, 5) is 27.2. The Morgan fingerprint density at radius 2 is 0.969 bits per heavy atom. The van der Waals surface area contributed by atoms with Crippen LogP contribution in [0.25, 0.3) is 10.8 Å². The number of fused-ring (bicyclic) bond motifs is 1. The van der Waals surface area contributed by atoms with E-state index in [1.807, 2.05) is 12.1 Å². The largest absolute Gasteiger partial charge is 0.496 e. The van der Waals surface area contributed by atoms with Crippen LogP contribution in [0.2, 0.25) is 0 Å². The Balaban J connectivity index is 2.04. The topological polar surface area (TPSA) is 105 Å². The Kier molecular flexibility index (Phi) is 5.52. The van der Waals surface area contributed by atoms with E-state index in [4.69, 9.17) is 20.9 Å². The lowest BCUT2D eigenvalue weighted by Gasteiger charge is -2.17. The number of benzene rings is 4. The normalized spacial score (nSPS) is 10.7. The van der Waals surface area contributed by atoms with E-state index in [1.54, 1.807) is 60.7 Å². The molecule has 0 fully saturated rings. The molecule has 0 saturated carbocycles. The minimum Gasteiger partial charge on any atom is -0.496 e. The van der Waals surface area contributed by atoms with Crippen molar-refractivity contribution in [3.63, 3.8) is 0 Å². The van der Waals surface area contributed by atoms with Crippen LogP contribution >= 0.6 is 0 Å². The molecular formula is C26H22N2O4. The van der Waals surface area contributed by atoms with Crippen molar-refractivity contribution in [2.45, 2.75) is 0 Å². The first-order valence-corrected chi connectivity index (χ1v) is 9.92. The average molecular weight is 426 g/mol. The van der Waals surface area contributed by atoms with Gasteiger partial charge in [-0.25, -0.2) is 0 Å². The first-order chi connectivity index (χ1) is 15.4. The lowest BCUT2D eigenvalue weighted by Crippen LogP contribution is -2.11. The highest BCUT2D eigenvalue weighted by atomic mass is 16.5. The third-order valence-corrected chi connectivity index (χ3v) is 5.35. The van der Waals surface area contributed by atoms with E-state index in [1.165, 1.54) is 14.2 Å². The summed E-state index contributed by atoms with van der Waals surface area (Å²) in [5, 5.41) is 1.18. The van der Waals surface area contributed by atoms with Gasteiger partial charge in [-0.2, -0.15) is 0 Å². The van der Waals surface area contributed by atoms with Gasteiger partial charge in [-0.15, -0.1) is 0 Å². The van der Waals surface area contributed by atoms with E-state index < -0.39 is 0 Å². The standard InChI is InChI=1S/C26H22N2O4/c1-31-20-13-7-15-8-14-21(32-2)24(26(30)17-5-11-19(28)12-6-17)22(15)23(20)25(29)16-3-9-18(27)10-4-16/h3-14H,27-28H2,1-2H3. The predicted molar refractivity (Wildman–Crippen MR) is 126 cm³/mol. The molecule has 4 aromatic carbocycles. The molecule has 4 aromatic rings. The van der Waals surface area contributed by atoms with E-state index in [2.05, 4.69) is 0 Å². The summed E-state index contributed by atoms with van der Waals surface area (Å²) in [6.07, 6.45) is 0. The SMILES string of the molecule is COc1ccc2ccc(OC)c(C(=O)c3ccc(N)cc3)c2c1C(=O)c1ccc(N)cc1. The number of carbonyl (C=O) groups excluding carboxylic acids is 2. The second-order valence-corrected chi connectivity index (χ2v) is 7.29. The lowest BCUT2D eigenvalue weighted by molar-refractivity contribution is 0.103. The molecule has 0 aromatic heterocycles. The molecule has 0 aliphatic rings. The summed E-state index contributed by atoms with van der Waals surface area (Å²) in [7, 11) is 2.98. The molecule has 32 heavy (non-hydrogen) atoms. The molecule has 4 N–H and O–H groups in total. The molecule has 0 unspecified atom stereocenters. The Bertz CT molecular complexity index is 1230. The van der Waals surface area contributed by atoms with Gasteiger partial charge >= 0.3 is 0 Å². The van der Waals surface area contributed by atoms with Crippen molar-refractivity contribution in [1.29, 1.82) is 0 Å². The maximum absolute atomic E-state index is 13.6. The molecule has 0 bridgehead atoms. The fraction of sp³-hybridized carbons (Fsp3) is 0.0769. The van der Waals surface area contributed by atoms with Crippen LogP contribution in [0.4, 0.5) is 11.4 Å². The number of hydrogen-bond acceptors (Lipinski definition) is 6. The third kappa shape index (κ3) is 3.63. The van der Waals surface area contributed by atoms with Crippen LogP contribution in [0.1, 0.15) is 31.8 Å². The number of rotatable bonds is 6. The smallest absolute Gasteiger partial charge is 0.197 e. The van der Waals surface area contributed by atoms with Crippen molar-refractivity contribution in [1.82, 2.24) is 0 Å². The Labute approximate surface area is 185 Å². The van der Waals surface area contributed by atoms with Crippen molar-refractivity contribution in [2.24, 2.45) is 0 Å². The minimum absolute atomic E-state index is 0.285. The highest BCUT2D eigenvalue weighted by Gasteiger charge is 2.26. The molecule has 6 heteroatoms.